The molecule has 0 unspecified atom stereocenters. The van der Waals surface area contributed by atoms with Crippen molar-refractivity contribution in [3.63, 3.8) is 0 Å². The van der Waals surface area contributed by atoms with Gasteiger partial charge >= 0.3 is 0 Å². The van der Waals surface area contributed by atoms with Gasteiger partial charge in [0.05, 0.1) is 0 Å². The summed E-state index contributed by atoms with van der Waals surface area (Å²) in [4.78, 5) is 13.9. The first-order valence-electron chi connectivity index (χ1n) is 6.18. The Morgan fingerprint density at radius 3 is 2.42 bits per heavy atom. The second kappa shape index (κ2) is 6.50. The summed E-state index contributed by atoms with van der Waals surface area (Å²) in [5, 5.41) is 6.68. The zero-order valence-corrected chi connectivity index (χ0v) is 12.0. The third kappa shape index (κ3) is 4.19. The number of carbonyl (C=O) groups excluding carboxylic acids is 1. The van der Waals surface area contributed by atoms with Crippen LogP contribution in [0.15, 0.2) is 41.1 Å². The fourth-order valence-electron chi connectivity index (χ4n) is 1.81. The van der Waals surface area contributed by atoms with Crippen molar-refractivity contribution in [1.82, 2.24) is 10.2 Å². The minimum Gasteiger partial charge on any atom is -0.348 e. The van der Waals surface area contributed by atoms with E-state index >= 15 is 0 Å². The van der Waals surface area contributed by atoms with Gasteiger partial charge in [0.25, 0.3) is 5.91 Å². The average molecular weight is 274 g/mol. The Kier molecular flexibility index (Phi) is 4.71. The van der Waals surface area contributed by atoms with E-state index in [4.69, 9.17) is 0 Å². The molecule has 0 aliphatic carbocycles. The monoisotopic (exact) mass is 274 g/mol. The van der Waals surface area contributed by atoms with Gasteiger partial charge in [0.15, 0.2) is 0 Å². The zero-order chi connectivity index (χ0) is 13.7. The van der Waals surface area contributed by atoms with Crippen LogP contribution in [0.4, 0.5) is 0 Å². The Labute approximate surface area is 117 Å². The Morgan fingerprint density at radius 1 is 1.16 bits per heavy atom. The normalized spacial score (nSPS) is 10.7. The summed E-state index contributed by atoms with van der Waals surface area (Å²) in [6.07, 6.45) is 0. The van der Waals surface area contributed by atoms with Crippen LogP contribution in [0.1, 0.15) is 21.5 Å². The van der Waals surface area contributed by atoms with E-state index in [1.165, 1.54) is 16.9 Å². The maximum Gasteiger partial charge on any atom is 0.252 e. The molecule has 1 amide bonds. The largest absolute Gasteiger partial charge is 0.348 e. The predicted octanol–water partition coefficient (Wildman–Crippen LogP) is 2.74. The van der Waals surface area contributed by atoms with E-state index in [0.29, 0.717) is 6.54 Å². The molecule has 0 fully saturated rings. The van der Waals surface area contributed by atoms with Crippen molar-refractivity contribution in [1.29, 1.82) is 0 Å². The lowest BCUT2D eigenvalue weighted by atomic mass is 10.1. The Hall–Kier alpha value is -1.65. The molecule has 1 aromatic carbocycles. The molecule has 100 valence electrons. The van der Waals surface area contributed by atoms with Gasteiger partial charge < -0.3 is 10.2 Å². The molecule has 0 saturated carbocycles. The van der Waals surface area contributed by atoms with E-state index in [-0.39, 0.29) is 5.91 Å². The topological polar surface area (TPSA) is 32.3 Å². The fraction of sp³-hybridized carbons (Fsp3) is 0.267. The summed E-state index contributed by atoms with van der Waals surface area (Å²) in [5.74, 6) is -0.0152. The zero-order valence-electron chi connectivity index (χ0n) is 11.2. The molecule has 4 heteroatoms. The van der Waals surface area contributed by atoms with Crippen molar-refractivity contribution < 1.29 is 4.79 Å². The molecule has 0 atom stereocenters. The van der Waals surface area contributed by atoms with Crippen LogP contribution in [0.3, 0.4) is 0 Å². The maximum absolute atomic E-state index is 11.8. The van der Waals surface area contributed by atoms with Crippen molar-refractivity contribution in [3.05, 3.63) is 57.8 Å². The molecule has 2 aromatic rings. The highest BCUT2D eigenvalue weighted by atomic mass is 32.1. The minimum atomic E-state index is -0.0152. The Morgan fingerprint density at radius 2 is 1.84 bits per heavy atom. The number of thiophene rings is 1. The average Bonchev–Trinajstić information content (AvgIpc) is 2.91. The van der Waals surface area contributed by atoms with E-state index < -0.39 is 0 Å². The van der Waals surface area contributed by atoms with Gasteiger partial charge in [0.2, 0.25) is 0 Å². The number of carbonyl (C=O) groups is 1. The molecule has 19 heavy (non-hydrogen) atoms. The molecule has 3 nitrogen and oxygen atoms in total. The van der Waals surface area contributed by atoms with Crippen LogP contribution < -0.4 is 5.32 Å². The van der Waals surface area contributed by atoms with Gasteiger partial charge in [-0.05, 0) is 36.7 Å². The molecule has 1 aromatic heterocycles. The highest BCUT2D eigenvalue weighted by molar-refractivity contribution is 7.08. The molecule has 0 aliphatic heterocycles. The van der Waals surface area contributed by atoms with E-state index in [0.717, 1.165) is 17.7 Å². The maximum atomic E-state index is 11.8. The van der Waals surface area contributed by atoms with Crippen molar-refractivity contribution in [2.75, 3.05) is 14.1 Å². The van der Waals surface area contributed by atoms with Crippen LogP contribution in [0.5, 0.6) is 0 Å². The third-order valence-electron chi connectivity index (χ3n) is 2.76. The van der Waals surface area contributed by atoms with Crippen LogP contribution in [0, 0.1) is 0 Å². The molecule has 0 bridgehead atoms. The summed E-state index contributed by atoms with van der Waals surface area (Å²) >= 11 is 1.53. The third-order valence-corrected chi connectivity index (χ3v) is 3.44. The van der Waals surface area contributed by atoms with Crippen LogP contribution in [0.25, 0.3) is 0 Å². The number of rotatable bonds is 5. The fourth-order valence-corrected chi connectivity index (χ4v) is 2.44. The summed E-state index contributed by atoms with van der Waals surface area (Å²) < 4.78 is 0. The predicted molar refractivity (Wildman–Crippen MR) is 79.3 cm³/mol. The second-order valence-electron chi connectivity index (χ2n) is 4.75. The second-order valence-corrected chi connectivity index (χ2v) is 5.53. The van der Waals surface area contributed by atoms with Crippen molar-refractivity contribution >= 4 is 17.2 Å². The first kappa shape index (κ1) is 13.8. The van der Waals surface area contributed by atoms with Crippen LogP contribution in [-0.4, -0.2) is 24.9 Å². The number of nitrogens with zero attached hydrogens (tertiary/aromatic N) is 1. The first-order chi connectivity index (χ1) is 9.15. The van der Waals surface area contributed by atoms with Crippen LogP contribution >= 0.6 is 11.3 Å². The Bertz CT molecular complexity index is 518. The minimum absolute atomic E-state index is 0.0152. The summed E-state index contributed by atoms with van der Waals surface area (Å²) in [5.41, 5.74) is 3.12. The summed E-state index contributed by atoms with van der Waals surface area (Å²) in [7, 11) is 4.10. The van der Waals surface area contributed by atoms with E-state index in [1.54, 1.807) is 0 Å². The van der Waals surface area contributed by atoms with Gasteiger partial charge in [-0.3, -0.25) is 4.79 Å². The highest BCUT2D eigenvalue weighted by Gasteiger charge is 2.05. The van der Waals surface area contributed by atoms with Gasteiger partial charge in [-0.2, -0.15) is 11.3 Å². The lowest BCUT2D eigenvalue weighted by Gasteiger charge is -2.10. The first-order valence-corrected chi connectivity index (χ1v) is 7.12. The number of nitrogens with one attached hydrogen (secondary N) is 1. The molecule has 1 N–H and O–H groups in total. The van der Waals surface area contributed by atoms with E-state index in [1.807, 2.05) is 16.8 Å². The van der Waals surface area contributed by atoms with Crippen LogP contribution in [-0.2, 0) is 13.1 Å². The van der Waals surface area contributed by atoms with E-state index in [2.05, 4.69) is 48.6 Å². The Balaban J connectivity index is 1.88. The molecule has 0 saturated heterocycles. The molecular weight excluding hydrogens is 256 g/mol. The molecule has 2 rings (SSSR count). The van der Waals surface area contributed by atoms with Gasteiger partial charge in [-0.15, -0.1) is 0 Å². The van der Waals surface area contributed by atoms with Gasteiger partial charge in [0.1, 0.15) is 0 Å². The van der Waals surface area contributed by atoms with Crippen LogP contribution in [0.2, 0.25) is 0 Å². The van der Waals surface area contributed by atoms with Crippen molar-refractivity contribution in [3.8, 4) is 0 Å². The van der Waals surface area contributed by atoms with Crippen molar-refractivity contribution in [2.45, 2.75) is 13.1 Å². The molecule has 0 radical (unpaired) electrons. The number of benzene rings is 1. The quantitative estimate of drug-likeness (QED) is 0.909. The number of amides is 1. The molecule has 0 spiro atoms. The van der Waals surface area contributed by atoms with Gasteiger partial charge in [-0.25, -0.2) is 0 Å². The van der Waals surface area contributed by atoms with Crippen molar-refractivity contribution in [2.24, 2.45) is 0 Å². The molecular formula is C15H18N2OS. The highest BCUT2D eigenvalue weighted by Crippen LogP contribution is 2.08. The van der Waals surface area contributed by atoms with Gasteiger partial charge in [-0.1, -0.05) is 24.3 Å². The van der Waals surface area contributed by atoms with Gasteiger partial charge in [0, 0.05) is 24.0 Å². The SMILES string of the molecule is CN(C)Cc1ccc(CNC(=O)c2ccsc2)cc1. The lowest BCUT2D eigenvalue weighted by molar-refractivity contribution is 0.0951. The summed E-state index contributed by atoms with van der Waals surface area (Å²) in [6, 6.07) is 10.2. The number of hydrogen-bond acceptors (Lipinski definition) is 3. The lowest BCUT2D eigenvalue weighted by Crippen LogP contribution is -2.22. The van der Waals surface area contributed by atoms with E-state index in [9.17, 15) is 4.79 Å². The smallest absolute Gasteiger partial charge is 0.252 e. The standard InChI is InChI=1S/C15H18N2OS/c1-17(2)10-13-5-3-12(4-6-13)9-16-15(18)14-7-8-19-11-14/h3-8,11H,9-10H2,1-2H3,(H,16,18). The summed E-state index contributed by atoms with van der Waals surface area (Å²) in [6.45, 7) is 1.50. The molecule has 0 aliphatic rings. The molecule has 1 heterocycles. The number of hydrogen-bond donors (Lipinski definition) is 1.